The number of hydrogen-bond acceptors (Lipinski definition) is 3. The first kappa shape index (κ1) is 12.9. The fraction of sp³-hybridized carbons (Fsp3) is 1.00. The van der Waals surface area contributed by atoms with Gasteiger partial charge in [0.2, 0.25) is 10.0 Å². The van der Waals surface area contributed by atoms with Crippen molar-refractivity contribution in [3.63, 3.8) is 0 Å². The average Bonchev–Trinajstić information content (AvgIpc) is 1.93. The predicted octanol–water partition coefficient (Wildman–Crippen LogP) is 0.819. The summed E-state index contributed by atoms with van der Waals surface area (Å²) < 4.78 is 25.1. The predicted molar refractivity (Wildman–Crippen MR) is 60.1 cm³/mol. The summed E-state index contributed by atoms with van der Waals surface area (Å²) in [5, 5.41) is 9.74. The van der Waals surface area contributed by atoms with Gasteiger partial charge in [0.25, 0.3) is 0 Å². The van der Waals surface area contributed by atoms with Crippen molar-refractivity contribution in [3.05, 3.63) is 0 Å². The maximum atomic E-state index is 11.8. The number of aliphatic hydroxyl groups is 1. The molecule has 0 aromatic carbocycles. The van der Waals surface area contributed by atoms with E-state index in [1.807, 2.05) is 27.7 Å². The third-order valence-electron chi connectivity index (χ3n) is 2.61. The number of sulfonamides is 1. The van der Waals surface area contributed by atoms with Gasteiger partial charge in [-0.25, -0.2) is 8.42 Å². The molecule has 1 saturated heterocycles. The summed E-state index contributed by atoms with van der Waals surface area (Å²) in [6.07, 6.45) is 0.606. The molecule has 0 bridgehead atoms. The van der Waals surface area contributed by atoms with Crippen LogP contribution in [0.4, 0.5) is 0 Å². The van der Waals surface area contributed by atoms with Gasteiger partial charge in [0.1, 0.15) is 0 Å². The maximum absolute atomic E-state index is 11.8. The molecule has 90 valence electrons. The first-order valence-corrected chi connectivity index (χ1v) is 6.89. The van der Waals surface area contributed by atoms with Crippen molar-refractivity contribution in [1.82, 2.24) is 4.31 Å². The van der Waals surface area contributed by atoms with Gasteiger partial charge in [0.15, 0.2) is 0 Å². The minimum atomic E-state index is -3.19. The lowest BCUT2D eigenvalue weighted by molar-refractivity contribution is -0.0615. The second-order valence-corrected chi connectivity index (χ2v) is 7.63. The van der Waals surface area contributed by atoms with E-state index in [9.17, 15) is 13.5 Å². The van der Waals surface area contributed by atoms with E-state index in [4.69, 9.17) is 0 Å². The van der Waals surface area contributed by atoms with Gasteiger partial charge < -0.3 is 5.11 Å². The Morgan fingerprint density at radius 2 is 1.80 bits per heavy atom. The highest BCUT2D eigenvalue weighted by Crippen LogP contribution is 2.29. The van der Waals surface area contributed by atoms with Gasteiger partial charge in [0, 0.05) is 13.1 Å². The lowest BCUT2D eigenvalue weighted by Crippen LogP contribution is -2.63. The van der Waals surface area contributed by atoms with Crippen LogP contribution in [0.3, 0.4) is 0 Å². The van der Waals surface area contributed by atoms with Crippen LogP contribution in [0.15, 0.2) is 0 Å². The Balaban J connectivity index is 2.61. The molecule has 0 aromatic rings. The molecule has 1 N–H and O–H groups in total. The van der Waals surface area contributed by atoms with Crippen LogP contribution in [0, 0.1) is 5.41 Å². The van der Waals surface area contributed by atoms with Crippen LogP contribution in [-0.2, 0) is 10.0 Å². The van der Waals surface area contributed by atoms with Gasteiger partial charge in [-0.2, -0.15) is 4.31 Å². The monoisotopic (exact) mass is 235 g/mol. The van der Waals surface area contributed by atoms with Crippen molar-refractivity contribution in [2.45, 2.75) is 39.7 Å². The third kappa shape index (κ3) is 3.16. The van der Waals surface area contributed by atoms with E-state index < -0.39 is 15.6 Å². The van der Waals surface area contributed by atoms with E-state index in [1.54, 1.807) is 0 Å². The molecule has 0 amide bonds. The summed E-state index contributed by atoms with van der Waals surface area (Å²) in [5.41, 5.74) is -1.02. The van der Waals surface area contributed by atoms with Crippen molar-refractivity contribution >= 4 is 10.0 Å². The Kier molecular flexibility index (Phi) is 3.20. The molecule has 0 radical (unpaired) electrons. The molecule has 0 aliphatic carbocycles. The van der Waals surface area contributed by atoms with Crippen molar-refractivity contribution in [2.75, 3.05) is 18.8 Å². The molecular formula is C10H21NO3S. The largest absolute Gasteiger partial charge is 0.387 e. The Morgan fingerprint density at radius 1 is 1.33 bits per heavy atom. The van der Waals surface area contributed by atoms with Crippen LogP contribution in [0.25, 0.3) is 0 Å². The van der Waals surface area contributed by atoms with Crippen LogP contribution >= 0.6 is 0 Å². The molecule has 1 heterocycles. The first-order chi connectivity index (χ1) is 6.58. The van der Waals surface area contributed by atoms with Crippen LogP contribution in [0.2, 0.25) is 0 Å². The zero-order valence-corrected chi connectivity index (χ0v) is 10.8. The Morgan fingerprint density at radius 3 is 2.13 bits per heavy atom. The zero-order valence-electron chi connectivity index (χ0n) is 9.95. The number of hydrogen-bond donors (Lipinski definition) is 1. The van der Waals surface area contributed by atoms with Crippen molar-refractivity contribution < 1.29 is 13.5 Å². The highest BCUT2D eigenvalue weighted by atomic mass is 32.2. The van der Waals surface area contributed by atoms with Crippen LogP contribution in [0.1, 0.15) is 34.1 Å². The molecule has 0 atom stereocenters. The molecule has 4 nitrogen and oxygen atoms in total. The lowest BCUT2D eigenvalue weighted by atomic mass is 9.94. The molecule has 1 aliphatic rings. The SMILES string of the molecule is CCC1(O)CN(S(=O)(=O)CC(C)(C)C)C1. The van der Waals surface area contributed by atoms with Crippen LogP contribution < -0.4 is 0 Å². The fourth-order valence-electron chi connectivity index (χ4n) is 1.67. The van der Waals surface area contributed by atoms with E-state index in [0.29, 0.717) is 6.42 Å². The number of rotatable bonds is 3. The Bertz CT molecular complexity index is 323. The molecule has 0 spiro atoms. The highest BCUT2D eigenvalue weighted by molar-refractivity contribution is 7.89. The molecule has 1 fully saturated rings. The lowest BCUT2D eigenvalue weighted by Gasteiger charge is -2.45. The Hall–Kier alpha value is -0.130. The molecule has 5 heteroatoms. The number of β-amino-alcohol motifs (C(OH)–C–C–N with tert-alkyl or cyclic N) is 1. The van der Waals surface area contributed by atoms with E-state index in [-0.39, 0.29) is 24.3 Å². The average molecular weight is 235 g/mol. The van der Waals surface area contributed by atoms with Crippen molar-refractivity contribution in [1.29, 1.82) is 0 Å². The summed E-state index contributed by atoms with van der Waals surface area (Å²) in [4.78, 5) is 0. The van der Waals surface area contributed by atoms with E-state index >= 15 is 0 Å². The summed E-state index contributed by atoms with van der Waals surface area (Å²) in [7, 11) is -3.19. The van der Waals surface area contributed by atoms with E-state index in [0.717, 1.165) is 0 Å². The minimum absolute atomic E-state index is 0.139. The van der Waals surface area contributed by atoms with Gasteiger partial charge in [-0.3, -0.25) is 0 Å². The topological polar surface area (TPSA) is 57.6 Å². The molecule has 1 rings (SSSR count). The molecule has 0 saturated carbocycles. The highest BCUT2D eigenvalue weighted by Gasteiger charge is 2.46. The van der Waals surface area contributed by atoms with Crippen LogP contribution in [-0.4, -0.2) is 42.3 Å². The summed E-state index contributed by atoms with van der Waals surface area (Å²) in [5.74, 6) is 0.139. The van der Waals surface area contributed by atoms with Gasteiger partial charge in [-0.05, 0) is 11.8 Å². The third-order valence-corrected chi connectivity index (χ3v) is 4.88. The Labute approximate surface area is 92.3 Å². The van der Waals surface area contributed by atoms with Gasteiger partial charge in [-0.1, -0.05) is 27.7 Å². The second kappa shape index (κ2) is 3.71. The van der Waals surface area contributed by atoms with Gasteiger partial charge in [-0.15, -0.1) is 0 Å². The normalized spacial score (nSPS) is 22.5. The van der Waals surface area contributed by atoms with Crippen LogP contribution in [0.5, 0.6) is 0 Å². The quantitative estimate of drug-likeness (QED) is 0.788. The molecule has 1 aliphatic heterocycles. The van der Waals surface area contributed by atoms with Gasteiger partial charge in [0.05, 0.1) is 11.4 Å². The summed E-state index contributed by atoms with van der Waals surface area (Å²) in [6, 6.07) is 0. The second-order valence-electron chi connectivity index (χ2n) is 5.66. The standard InChI is InChI=1S/C10H21NO3S/c1-5-10(12)6-11(7-10)15(13,14)8-9(2,3)4/h12H,5-8H2,1-4H3. The first-order valence-electron chi connectivity index (χ1n) is 5.28. The van der Waals surface area contributed by atoms with E-state index in [1.165, 1.54) is 4.31 Å². The molecular weight excluding hydrogens is 214 g/mol. The molecule has 0 unspecified atom stereocenters. The molecule has 0 aromatic heterocycles. The number of nitrogens with zero attached hydrogens (tertiary/aromatic N) is 1. The fourth-order valence-corrected chi connectivity index (χ4v) is 3.82. The minimum Gasteiger partial charge on any atom is -0.387 e. The smallest absolute Gasteiger partial charge is 0.214 e. The zero-order chi connectivity index (χ0) is 11.9. The summed E-state index contributed by atoms with van der Waals surface area (Å²) >= 11 is 0. The van der Waals surface area contributed by atoms with Gasteiger partial charge >= 0.3 is 0 Å². The molecule has 15 heavy (non-hydrogen) atoms. The maximum Gasteiger partial charge on any atom is 0.214 e. The summed E-state index contributed by atoms with van der Waals surface area (Å²) in [6.45, 7) is 8.07. The van der Waals surface area contributed by atoms with E-state index in [2.05, 4.69) is 0 Å². The van der Waals surface area contributed by atoms with Crippen molar-refractivity contribution in [2.24, 2.45) is 5.41 Å². The van der Waals surface area contributed by atoms with Crippen molar-refractivity contribution in [3.8, 4) is 0 Å².